The highest BCUT2D eigenvalue weighted by molar-refractivity contribution is 4.67. The van der Waals surface area contributed by atoms with E-state index in [9.17, 15) is 0 Å². The highest BCUT2D eigenvalue weighted by atomic mass is 15.3. The van der Waals surface area contributed by atoms with Gasteiger partial charge in [-0.15, -0.1) is 0 Å². The quantitative estimate of drug-likeness (QED) is 0.521. The summed E-state index contributed by atoms with van der Waals surface area (Å²) in [5.74, 6) is 0. The fourth-order valence-electron chi connectivity index (χ4n) is 0.447. The number of nitriles is 1. The molecule has 0 atom stereocenters. The SMILES string of the molecule is [2H]C([2H])(C#N)CC[N+](C)(C)C. The zero-order valence-corrected chi connectivity index (χ0v) is 6.31. The van der Waals surface area contributed by atoms with Gasteiger partial charge in [-0.05, 0) is 0 Å². The van der Waals surface area contributed by atoms with E-state index in [1.165, 1.54) is 0 Å². The molecule has 0 aromatic carbocycles. The molecule has 0 heterocycles. The highest BCUT2D eigenvalue weighted by Gasteiger charge is 2.04. The third-order valence-electron chi connectivity index (χ3n) is 0.987. The Bertz CT molecular complexity index is 164. The van der Waals surface area contributed by atoms with Gasteiger partial charge in [0.1, 0.15) is 0 Å². The molecule has 0 aromatic heterocycles. The van der Waals surface area contributed by atoms with Gasteiger partial charge in [0.2, 0.25) is 0 Å². The second-order valence-corrected chi connectivity index (χ2v) is 3.05. The second kappa shape index (κ2) is 3.47. The molecule has 0 spiro atoms. The van der Waals surface area contributed by atoms with Crippen molar-refractivity contribution in [1.29, 1.82) is 5.26 Å². The summed E-state index contributed by atoms with van der Waals surface area (Å²) in [5, 5.41) is 8.36. The van der Waals surface area contributed by atoms with Crippen LogP contribution >= 0.6 is 0 Å². The van der Waals surface area contributed by atoms with Crippen molar-refractivity contribution in [3.8, 4) is 6.07 Å². The molecule has 0 aromatic rings. The summed E-state index contributed by atoms with van der Waals surface area (Å²) in [6.07, 6.45) is -1.36. The van der Waals surface area contributed by atoms with Gasteiger partial charge in [0, 0.05) is 15.5 Å². The average Bonchev–Trinajstić information content (AvgIpc) is 1.83. The Hall–Kier alpha value is -0.550. The molecular formula is C7H15N2+. The monoisotopic (exact) mass is 129 g/mol. The summed E-state index contributed by atoms with van der Waals surface area (Å²) in [6.45, 7) is 0.681. The van der Waals surface area contributed by atoms with Crippen molar-refractivity contribution in [2.75, 3.05) is 27.7 Å². The molecule has 0 rings (SSSR count). The molecule has 0 fully saturated rings. The molecule has 0 bridgehead atoms. The topological polar surface area (TPSA) is 23.8 Å². The number of nitrogens with zero attached hydrogens (tertiary/aromatic N) is 2. The van der Waals surface area contributed by atoms with Crippen LogP contribution in [0.15, 0.2) is 0 Å². The minimum Gasteiger partial charge on any atom is -0.331 e. The lowest BCUT2D eigenvalue weighted by molar-refractivity contribution is -0.870. The van der Waals surface area contributed by atoms with Crippen molar-refractivity contribution in [2.24, 2.45) is 0 Å². The zero-order valence-electron chi connectivity index (χ0n) is 8.31. The molecule has 0 aliphatic rings. The average molecular weight is 129 g/mol. The molecule has 0 aliphatic heterocycles. The van der Waals surface area contributed by atoms with E-state index in [4.69, 9.17) is 8.00 Å². The summed E-state index contributed by atoms with van der Waals surface area (Å²) in [4.78, 5) is 0. The van der Waals surface area contributed by atoms with Gasteiger partial charge in [0.05, 0.1) is 33.8 Å². The summed E-state index contributed by atoms with van der Waals surface area (Å²) in [7, 11) is 5.94. The number of hydrogen-bond donors (Lipinski definition) is 0. The predicted octanol–water partition coefficient (Wildman–Crippen LogP) is 0.996. The van der Waals surface area contributed by atoms with Crippen molar-refractivity contribution in [3.63, 3.8) is 0 Å². The maximum absolute atomic E-state index is 8.36. The van der Waals surface area contributed by atoms with E-state index in [1.54, 1.807) is 6.07 Å². The first-order valence-electron chi connectivity index (χ1n) is 3.99. The van der Waals surface area contributed by atoms with Crippen LogP contribution < -0.4 is 0 Å². The Morgan fingerprint density at radius 1 is 1.56 bits per heavy atom. The molecule has 2 nitrogen and oxygen atoms in total. The van der Waals surface area contributed by atoms with E-state index in [0.29, 0.717) is 17.4 Å². The van der Waals surface area contributed by atoms with Gasteiger partial charge in [-0.25, -0.2) is 0 Å². The molecular weight excluding hydrogens is 112 g/mol. The lowest BCUT2D eigenvalue weighted by Crippen LogP contribution is -2.35. The third kappa shape index (κ3) is 7.45. The first-order chi connectivity index (χ1) is 4.77. The minimum absolute atomic E-state index is 0.299. The third-order valence-corrected chi connectivity index (χ3v) is 0.987. The van der Waals surface area contributed by atoms with E-state index in [-0.39, 0.29) is 0 Å². The van der Waals surface area contributed by atoms with Crippen LogP contribution in [0, 0.1) is 11.3 Å². The fourth-order valence-corrected chi connectivity index (χ4v) is 0.447. The Morgan fingerprint density at radius 2 is 2.11 bits per heavy atom. The molecule has 0 aliphatic carbocycles. The summed E-state index contributed by atoms with van der Waals surface area (Å²) in [5.41, 5.74) is 0. The summed E-state index contributed by atoms with van der Waals surface area (Å²) in [6, 6.07) is 1.64. The van der Waals surface area contributed by atoms with Crippen LogP contribution in [-0.4, -0.2) is 32.2 Å². The molecule has 0 amide bonds. The van der Waals surface area contributed by atoms with E-state index in [1.807, 2.05) is 21.1 Å². The minimum atomic E-state index is -1.66. The van der Waals surface area contributed by atoms with Gasteiger partial charge in [-0.2, -0.15) is 5.26 Å². The highest BCUT2D eigenvalue weighted by Crippen LogP contribution is 1.95. The molecule has 9 heavy (non-hydrogen) atoms. The summed E-state index contributed by atoms with van der Waals surface area (Å²) < 4.78 is 15.0. The fraction of sp³-hybridized carbons (Fsp3) is 0.857. The Kier molecular flexibility index (Phi) is 2.03. The van der Waals surface area contributed by atoms with Gasteiger partial charge in [0.25, 0.3) is 0 Å². The van der Waals surface area contributed by atoms with Gasteiger partial charge in [0.15, 0.2) is 0 Å². The van der Waals surface area contributed by atoms with Crippen molar-refractivity contribution in [3.05, 3.63) is 0 Å². The van der Waals surface area contributed by atoms with Gasteiger partial charge in [-0.3, -0.25) is 0 Å². The van der Waals surface area contributed by atoms with Crippen LogP contribution in [0.5, 0.6) is 0 Å². The number of quaternary nitrogens is 1. The van der Waals surface area contributed by atoms with Crippen molar-refractivity contribution < 1.29 is 7.22 Å². The maximum atomic E-state index is 8.36. The van der Waals surface area contributed by atoms with Crippen LogP contribution in [0.2, 0.25) is 0 Å². The number of hydrogen-bond acceptors (Lipinski definition) is 1. The predicted molar refractivity (Wildman–Crippen MR) is 37.7 cm³/mol. The Balaban J connectivity index is 3.83. The van der Waals surface area contributed by atoms with E-state index >= 15 is 0 Å². The number of rotatable bonds is 3. The largest absolute Gasteiger partial charge is 0.331 e. The van der Waals surface area contributed by atoms with Crippen LogP contribution in [0.1, 0.15) is 15.5 Å². The lowest BCUT2D eigenvalue weighted by Gasteiger charge is -2.22. The van der Waals surface area contributed by atoms with Gasteiger partial charge < -0.3 is 4.48 Å². The van der Waals surface area contributed by atoms with Gasteiger partial charge in [-0.1, -0.05) is 0 Å². The molecule has 0 N–H and O–H groups in total. The molecule has 0 unspecified atom stereocenters. The van der Waals surface area contributed by atoms with Gasteiger partial charge >= 0.3 is 0 Å². The molecule has 52 valence electrons. The van der Waals surface area contributed by atoms with E-state index in [2.05, 4.69) is 0 Å². The van der Waals surface area contributed by atoms with Crippen LogP contribution in [0.3, 0.4) is 0 Å². The van der Waals surface area contributed by atoms with Crippen LogP contribution in [-0.2, 0) is 0 Å². The first kappa shape index (κ1) is 5.25. The smallest absolute Gasteiger partial charge is 0.0790 e. The molecule has 2 heteroatoms. The second-order valence-electron chi connectivity index (χ2n) is 3.05. The Labute approximate surface area is 60.1 Å². The van der Waals surface area contributed by atoms with Crippen molar-refractivity contribution in [2.45, 2.75) is 12.8 Å². The summed E-state index contributed by atoms with van der Waals surface area (Å²) >= 11 is 0. The first-order valence-corrected chi connectivity index (χ1v) is 2.99. The molecule has 0 saturated carbocycles. The van der Waals surface area contributed by atoms with Crippen molar-refractivity contribution >= 4 is 0 Å². The Morgan fingerprint density at radius 3 is 2.44 bits per heavy atom. The van der Waals surface area contributed by atoms with Crippen molar-refractivity contribution in [1.82, 2.24) is 0 Å². The lowest BCUT2D eigenvalue weighted by atomic mass is 10.3. The van der Waals surface area contributed by atoms with Crippen LogP contribution in [0.25, 0.3) is 0 Å². The maximum Gasteiger partial charge on any atom is 0.0790 e. The standard InChI is InChI=1S/C7H15N2/c1-9(2,3)7-5-4-6-8/h4-5,7H2,1-3H3/q+1/i4D2. The van der Waals surface area contributed by atoms with E-state index in [0.717, 1.165) is 0 Å². The zero-order chi connectivity index (χ0) is 9.12. The molecule has 0 radical (unpaired) electrons. The molecule has 0 saturated heterocycles. The normalized spacial score (nSPS) is 15.8. The van der Waals surface area contributed by atoms with Crippen LogP contribution in [0.4, 0.5) is 0 Å². The van der Waals surface area contributed by atoms with E-state index < -0.39 is 6.37 Å².